The zero-order chi connectivity index (χ0) is 16.3. The average molecular weight is 341 g/mol. The molecule has 6 nitrogen and oxygen atoms in total. The van der Waals surface area contributed by atoms with E-state index in [9.17, 15) is 16.8 Å². The summed E-state index contributed by atoms with van der Waals surface area (Å²) < 4.78 is 50.4. The largest absolute Gasteiger partial charge is 0.329 e. The number of nitrogens with zero attached hydrogens (tertiary/aromatic N) is 1. The molecule has 0 aromatic carbocycles. The first-order valence-corrected chi connectivity index (χ1v) is 10.9. The second kappa shape index (κ2) is 6.93. The van der Waals surface area contributed by atoms with Crippen LogP contribution in [0, 0.1) is 0 Å². The van der Waals surface area contributed by atoms with Crippen LogP contribution in [0.25, 0.3) is 0 Å². The number of nitrogens with two attached hydrogens (primary N) is 1. The van der Waals surface area contributed by atoms with E-state index in [1.54, 1.807) is 0 Å². The first-order valence-electron chi connectivity index (χ1n) is 7.61. The van der Waals surface area contributed by atoms with Crippen molar-refractivity contribution in [2.45, 2.75) is 57.2 Å². The topological polar surface area (TPSA) is 97.5 Å². The molecular formula is C13H28N2O4S2. The van der Waals surface area contributed by atoms with Crippen molar-refractivity contribution >= 4 is 19.9 Å². The Kier molecular flexibility index (Phi) is 6.23. The zero-order valence-corrected chi connectivity index (χ0v) is 14.8. The molecule has 1 rings (SSSR count). The summed E-state index contributed by atoms with van der Waals surface area (Å²) in [5.74, 6) is -0.0787. The van der Waals surface area contributed by atoms with E-state index in [2.05, 4.69) is 0 Å². The Morgan fingerprint density at radius 2 is 1.62 bits per heavy atom. The first-order chi connectivity index (χ1) is 9.69. The summed E-state index contributed by atoms with van der Waals surface area (Å²) in [6.45, 7) is 6.34. The van der Waals surface area contributed by atoms with Crippen molar-refractivity contribution in [2.75, 3.05) is 24.6 Å². The fourth-order valence-electron chi connectivity index (χ4n) is 3.12. The van der Waals surface area contributed by atoms with Crippen molar-refractivity contribution < 1.29 is 16.8 Å². The van der Waals surface area contributed by atoms with Crippen molar-refractivity contribution in [3.8, 4) is 0 Å². The van der Waals surface area contributed by atoms with Crippen LogP contribution in [0.5, 0.6) is 0 Å². The van der Waals surface area contributed by atoms with Crippen molar-refractivity contribution in [1.29, 1.82) is 0 Å². The standard InChI is InChI=1S/C13H28N2O4S2/c1-4-13(5-2,11-14)15(6-3)21(18,19)12-7-9-20(16,17)10-8-12/h12H,4-11,14H2,1-3H3. The molecule has 8 heteroatoms. The van der Waals surface area contributed by atoms with Crippen LogP contribution in [0.3, 0.4) is 0 Å². The van der Waals surface area contributed by atoms with Crippen LogP contribution < -0.4 is 5.73 Å². The molecule has 1 saturated heterocycles. The van der Waals surface area contributed by atoms with Crippen LogP contribution in [0.4, 0.5) is 0 Å². The molecule has 0 atom stereocenters. The van der Waals surface area contributed by atoms with Gasteiger partial charge in [0.25, 0.3) is 0 Å². The molecule has 0 aliphatic carbocycles. The molecule has 0 aromatic heterocycles. The molecule has 1 aliphatic heterocycles. The van der Waals surface area contributed by atoms with Crippen molar-refractivity contribution in [2.24, 2.45) is 5.73 Å². The van der Waals surface area contributed by atoms with Gasteiger partial charge in [0.2, 0.25) is 10.0 Å². The van der Waals surface area contributed by atoms with Gasteiger partial charge in [-0.15, -0.1) is 0 Å². The Labute approximate surface area is 129 Å². The molecule has 1 fully saturated rings. The van der Waals surface area contributed by atoms with Crippen LogP contribution in [0.2, 0.25) is 0 Å². The highest BCUT2D eigenvalue weighted by molar-refractivity contribution is 7.92. The number of sulfonamides is 1. The molecule has 1 aliphatic rings. The van der Waals surface area contributed by atoms with Gasteiger partial charge in [0.05, 0.1) is 16.8 Å². The maximum atomic E-state index is 12.9. The third-order valence-corrected chi connectivity index (χ3v) is 9.03. The normalized spacial score (nSPS) is 20.8. The lowest BCUT2D eigenvalue weighted by molar-refractivity contribution is 0.182. The monoisotopic (exact) mass is 340 g/mol. The van der Waals surface area contributed by atoms with E-state index in [-0.39, 0.29) is 30.9 Å². The second-order valence-electron chi connectivity index (χ2n) is 5.70. The quantitative estimate of drug-likeness (QED) is 0.737. The van der Waals surface area contributed by atoms with Gasteiger partial charge >= 0.3 is 0 Å². The van der Waals surface area contributed by atoms with Gasteiger partial charge in [-0.05, 0) is 25.7 Å². The van der Waals surface area contributed by atoms with Gasteiger partial charge in [-0.3, -0.25) is 0 Å². The van der Waals surface area contributed by atoms with Gasteiger partial charge in [-0.25, -0.2) is 16.8 Å². The maximum Gasteiger partial charge on any atom is 0.217 e. The molecule has 126 valence electrons. The minimum Gasteiger partial charge on any atom is -0.329 e. The van der Waals surface area contributed by atoms with Gasteiger partial charge < -0.3 is 5.73 Å². The van der Waals surface area contributed by atoms with E-state index in [0.717, 1.165) is 0 Å². The van der Waals surface area contributed by atoms with Gasteiger partial charge in [-0.1, -0.05) is 20.8 Å². The summed E-state index contributed by atoms with van der Waals surface area (Å²) in [5, 5.41) is -0.606. The lowest BCUT2D eigenvalue weighted by atomic mass is 9.93. The summed E-state index contributed by atoms with van der Waals surface area (Å²) >= 11 is 0. The van der Waals surface area contributed by atoms with E-state index in [0.29, 0.717) is 19.4 Å². The number of hydrogen-bond donors (Lipinski definition) is 1. The molecule has 0 amide bonds. The molecular weight excluding hydrogens is 312 g/mol. The lowest BCUT2D eigenvalue weighted by Crippen LogP contribution is -2.58. The summed E-state index contributed by atoms with van der Waals surface area (Å²) in [7, 11) is -6.60. The smallest absolute Gasteiger partial charge is 0.217 e. The molecule has 0 aromatic rings. The SMILES string of the molecule is CCN(C(CC)(CC)CN)S(=O)(=O)C1CCS(=O)(=O)CC1. The molecule has 1 heterocycles. The molecule has 2 N–H and O–H groups in total. The highest BCUT2D eigenvalue weighted by Crippen LogP contribution is 2.31. The minimum atomic E-state index is -3.53. The lowest BCUT2D eigenvalue weighted by Gasteiger charge is -2.43. The Balaban J connectivity index is 3.09. The van der Waals surface area contributed by atoms with Gasteiger partial charge in [0.1, 0.15) is 9.84 Å². The minimum absolute atomic E-state index is 0.0394. The molecule has 0 bridgehead atoms. The van der Waals surface area contributed by atoms with Crippen LogP contribution >= 0.6 is 0 Å². The summed E-state index contributed by atoms with van der Waals surface area (Å²) in [6.07, 6.45) is 1.68. The second-order valence-corrected chi connectivity index (χ2v) is 10.1. The molecule has 0 spiro atoms. The molecule has 21 heavy (non-hydrogen) atoms. The zero-order valence-electron chi connectivity index (χ0n) is 13.2. The third-order valence-electron chi connectivity index (χ3n) is 4.74. The summed E-state index contributed by atoms with van der Waals surface area (Å²) in [5.41, 5.74) is 5.31. The highest BCUT2D eigenvalue weighted by Gasteiger charge is 2.44. The molecule has 0 radical (unpaired) electrons. The van der Waals surface area contributed by atoms with Crippen molar-refractivity contribution in [3.05, 3.63) is 0 Å². The Hall–Kier alpha value is -0.180. The summed E-state index contributed by atoms with van der Waals surface area (Å²) in [6, 6.07) is 0. The van der Waals surface area contributed by atoms with Crippen molar-refractivity contribution in [3.63, 3.8) is 0 Å². The molecule has 0 unspecified atom stereocenters. The Morgan fingerprint density at radius 3 is 1.95 bits per heavy atom. The van der Waals surface area contributed by atoms with Crippen LogP contribution in [0.1, 0.15) is 46.5 Å². The van der Waals surface area contributed by atoms with E-state index >= 15 is 0 Å². The van der Waals surface area contributed by atoms with Gasteiger partial charge in [0, 0.05) is 18.6 Å². The Bertz CT molecular complexity index is 516. The van der Waals surface area contributed by atoms with E-state index in [1.165, 1.54) is 4.31 Å². The Morgan fingerprint density at radius 1 is 1.14 bits per heavy atom. The van der Waals surface area contributed by atoms with E-state index < -0.39 is 30.6 Å². The number of hydrogen-bond acceptors (Lipinski definition) is 5. The van der Waals surface area contributed by atoms with Gasteiger partial charge in [-0.2, -0.15) is 4.31 Å². The predicted molar refractivity (Wildman–Crippen MR) is 85.3 cm³/mol. The van der Waals surface area contributed by atoms with Crippen molar-refractivity contribution in [1.82, 2.24) is 4.31 Å². The summed E-state index contributed by atoms with van der Waals surface area (Å²) in [4.78, 5) is 0. The third kappa shape index (κ3) is 3.78. The van der Waals surface area contributed by atoms with E-state index in [1.807, 2.05) is 20.8 Å². The van der Waals surface area contributed by atoms with Crippen LogP contribution in [-0.4, -0.2) is 56.5 Å². The fourth-order valence-corrected chi connectivity index (χ4v) is 7.34. The maximum absolute atomic E-state index is 12.9. The van der Waals surface area contributed by atoms with Crippen LogP contribution in [0.15, 0.2) is 0 Å². The molecule has 0 saturated carbocycles. The van der Waals surface area contributed by atoms with Crippen LogP contribution in [-0.2, 0) is 19.9 Å². The van der Waals surface area contributed by atoms with E-state index in [4.69, 9.17) is 5.73 Å². The number of sulfone groups is 1. The fraction of sp³-hybridized carbons (Fsp3) is 1.00. The number of rotatable bonds is 7. The highest BCUT2D eigenvalue weighted by atomic mass is 32.2. The first kappa shape index (κ1) is 18.9. The van der Waals surface area contributed by atoms with Gasteiger partial charge in [0.15, 0.2) is 0 Å². The predicted octanol–water partition coefficient (Wildman–Crippen LogP) is 0.733. The number of likely N-dealkylation sites (N-methyl/N-ethyl adjacent to an activating group) is 1. The average Bonchev–Trinajstić information content (AvgIpc) is 2.44.